The van der Waals surface area contributed by atoms with Crippen molar-refractivity contribution in [2.24, 2.45) is 11.8 Å². The van der Waals surface area contributed by atoms with Gasteiger partial charge in [-0.2, -0.15) is 0 Å². The van der Waals surface area contributed by atoms with Gasteiger partial charge in [0.25, 0.3) is 0 Å². The molecule has 0 saturated heterocycles. The van der Waals surface area contributed by atoms with Crippen molar-refractivity contribution < 1.29 is 0 Å². The van der Waals surface area contributed by atoms with Crippen molar-refractivity contribution in [2.45, 2.75) is 78.1 Å². The zero-order chi connectivity index (χ0) is 19.4. The number of hydrogen-bond acceptors (Lipinski definition) is 0. The number of hydrogen-bond donors (Lipinski definition) is 0. The van der Waals surface area contributed by atoms with Crippen molar-refractivity contribution in [1.82, 2.24) is 0 Å². The second kappa shape index (κ2) is 9.11. The van der Waals surface area contributed by atoms with Crippen molar-refractivity contribution in [2.75, 3.05) is 0 Å². The molecule has 2 aliphatic carbocycles. The third kappa shape index (κ3) is 4.96. The summed E-state index contributed by atoms with van der Waals surface area (Å²) < 4.78 is 1.36. The summed E-state index contributed by atoms with van der Waals surface area (Å²) in [6.07, 6.45) is 18.6. The first kappa shape index (κ1) is 20.9. The Morgan fingerprint density at radius 2 is 1.96 bits per heavy atom. The molecule has 0 aliphatic heterocycles. The molecule has 1 aromatic rings. The Bertz CT molecular complexity index is 747. The average Bonchev–Trinajstić information content (AvgIpc) is 2.66. The van der Waals surface area contributed by atoms with Crippen LogP contribution in [0.3, 0.4) is 0 Å². The SMILES string of the molecule is CCC[C@H](CCC1C=CC2=C(C=CCC2)C1)C(C)(C)c1cc(I)ccc1C. The molecule has 0 fully saturated rings. The van der Waals surface area contributed by atoms with Crippen molar-refractivity contribution in [3.63, 3.8) is 0 Å². The topological polar surface area (TPSA) is 0 Å². The van der Waals surface area contributed by atoms with Crippen molar-refractivity contribution >= 4 is 22.6 Å². The summed E-state index contributed by atoms with van der Waals surface area (Å²) in [6, 6.07) is 6.96. The maximum absolute atomic E-state index is 2.50. The molecule has 0 spiro atoms. The molecular weight excluding hydrogens is 439 g/mol. The monoisotopic (exact) mass is 474 g/mol. The van der Waals surface area contributed by atoms with E-state index >= 15 is 0 Å². The number of aryl methyl sites for hydroxylation is 1. The number of halogens is 1. The van der Waals surface area contributed by atoms with Crippen LogP contribution in [-0.4, -0.2) is 0 Å². The number of benzene rings is 1. The first-order valence-electron chi connectivity index (χ1n) is 10.7. The fraction of sp³-hybridized carbons (Fsp3) is 0.538. The molecule has 0 nitrogen and oxygen atoms in total. The normalized spacial score (nSPS) is 20.7. The molecule has 0 N–H and O–H groups in total. The van der Waals surface area contributed by atoms with Crippen LogP contribution < -0.4 is 0 Å². The van der Waals surface area contributed by atoms with Gasteiger partial charge in [-0.05, 0) is 120 Å². The summed E-state index contributed by atoms with van der Waals surface area (Å²) in [6.45, 7) is 9.58. The van der Waals surface area contributed by atoms with Crippen molar-refractivity contribution in [3.8, 4) is 0 Å². The first-order valence-corrected chi connectivity index (χ1v) is 11.8. The summed E-state index contributed by atoms with van der Waals surface area (Å²) in [5.74, 6) is 1.46. The third-order valence-corrected chi connectivity index (χ3v) is 7.47. The Labute approximate surface area is 180 Å². The fourth-order valence-electron chi connectivity index (χ4n) is 5.06. The lowest BCUT2D eigenvalue weighted by Gasteiger charge is -2.37. The minimum absolute atomic E-state index is 0.231. The van der Waals surface area contributed by atoms with Gasteiger partial charge in [0.15, 0.2) is 0 Å². The van der Waals surface area contributed by atoms with E-state index in [9.17, 15) is 0 Å². The smallest absolute Gasteiger partial charge is 0.0133 e. The molecule has 3 rings (SSSR count). The third-order valence-electron chi connectivity index (χ3n) is 6.80. The molecule has 1 heteroatoms. The summed E-state index contributed by atoms with van der Waals surface area (Å²) in [4.78, 5) is 0. The molecule has 0 heterocycles. The number of allylic oxidation sites excluding steroid dienone is 6. The molecular formula is C26H35I. The van der Waals surface area contributed by atoms with Gasteiger partial charge in [0.2, 0.25) is 0 Å². The molecule has 1 aromatic carbocycles. The summed E-state index contributed by atoms with van der Waals surface area (Å²) >= 11 is 2.46. The van der Waals surface area contributed by atoms with Crippen LogP contribution >= 0.6 is 22.6 Å². The molecule has 1 unspecified atom stereocenters. The standard InChI is InChI=1S/C26H35I/c1-5-8-23(26(3,4)25-18-24(27)16-11-19(25)2)15-13-20-12-14-21-9-6-7-10-22(21)17-20/h7,10-12,14,16,18,20,23H,5-6,8-9,13,15,17H2,1-4H3/t20?,23-/m1/s1. The molecule has 2 aliphatic rings. The highest BCUT2D eigenvalue weighted by molar-refractivity contribution is 14.1. The van der Waals surface area contributed by atoms with Gasteiger partial charge in [-0.15, -0.1) is 0 Å². The maximum Gasteiger partial charge on any atom is 0.0133 e. The highest BCUT2D eigenvalue weighted by atomic mass is 127. The van der Waals surface area contributed by atoms with E-state index in [4.69, 9.17) is 0 Å². The van der Waals surface area contributed by atoms with E-state index in [-0.39, 0.29) is 5.41 Å². The molecule has 0 radical (unpaired) electrons. The summed E-state index contributed by atoms with van der Waals surface area (Å²) in [7, 11) is 0. The quantitative estimate of drug-likeness (QED) is 0.349. The van der Waals surface area contributed by atoms with Crippen LogP contribution in [0.4, 0.5) is 0 Å². The van der Waals surface area contributed by atoms with Gasteiger partial charge in [0, 0.05) is 3.57 Å². The van der Waals surface area contributed by atoms with Gasteiger partial charge in [-0.25, -0.2) is 0 Å². The molecule has 2 atom stereocenters. The van der Waals surface area contributed by atoms with Crippen LogP contribution in [0.2, 0.25) is 0 Å². The minimum atomic E-state index is 0.231. The lowest BCUT2D eigenvalue weighted by atomic mass is 9.67. The number of rotatable bonds is 7. The minimum Gasteiger partial charge on any atom is -0.0839 e. The van der Waals surface area contributed by atoms with Gasteiger partial charge in [0.1, 0.15) is 0 Å². The molecule has 0 aromatic heterocycles. The molecule has 0 amide bonds. The van der Waals surface area contributed by atoms with E-state index in [0.29, 0.717) is 0 Å². The average molecular weight is 474 g/mol. The molecule has 146 valence electrons. The summed E-state index contributed by atoms with van der Waals surface area (Å²) in [5, 5.41) is 0. The Balaban J connectivity index is 1.70. The Hall–Kier alpha value is -0.830. The maximum atomic E-state index is 2.50. The van der Waals surface area contributed by atoms with E-state index in [2.05, 4.69) is 92.8 Å². The van der Waals surface area contributed by atoms with E-state index < -0.39 is 0 Å². The van der Waals surface area contributed by atoms with Crippen molar-refractivity contribution in [3.05, 3.63) is 68.3 Å². The Morgan fingerprint density at radius 1 is 1.15 bits per heavy atom. The zero-order valence-corrected chi connectivity index (χ0v) is 19.7. The van der Waals surface area contributed by atoms with Gasteiger partial charge in [-0.3, -0.25) is 0 Å². The van der Waals surface area contributed by atoms with Crippen LogP contribution in [0, 0.1) is 22.3 Å². The van der Waals surface area contributed by atoms with Gasteiger partial charge < -0.3 is 0 Å². The second-order valence-electron chi connectivity index (χ2n) is 9.06. The zero-order valence-electron chi connectivity index (χ0n) is 17.5. The predicted molar refractivity (Wildman–Crippen MR) is 127 cm³/mol. The van der Waals surface area contributed by atoms with Gasteiger partial charge in [-0.1, -0.05) is 57.6 Å². The summed E-state index contributed by atoms with van der Waals surface area (Å²) in [5.41, 5.74) is 6.42. The van der Waals surface area contributed by atoms with Crippen LogP contribution in [0.25, 0.3) is 0 Å². The van der Waals surface area contributed by atoms with Crippen molar-refractivity contribution in [1.29, 1.82) is 0 Å². The Kier molecular flexibility index (Phi) is 7.05. The molecule has 27 heavy (non-hydrogen) atoms. The highest BCUT2D eigenvalue weighted by Gasteiger charge is 2.32. The molecule has 0 saturated carbocycles. The predicted octanol–water partition coefficient (Wildman–Crippen LogP) is 8.30. The van der Waals surface area contributed by atoms with Crippen LogP contribution in [0.15, 0.2) is 53.6 Å². The van der Waals surface area contributed by atoms with Crippen LogP contribution in [0.5, 0.6) is 0 Å². The molecule has 0 bridgehead atoms. The Morgan fingerprint density at radius 3 is 2.74 bits per heavy atom. The van der Waals surface area contributed by atoms with Crippen LogP contribution in [-0.2, 0) is 5.41 Å². The van der Waals surface area contributed by atoms with Gasteiger partial charge in [0.05, 0.1) is 0 Å². The van der Waals surface area contributed by atoms with Crippen LogP contribution in [0.1, 0.15) is 76.8 Å². The van der Waals surface area contributed by atoms with E-state index in [1.54, 1.807) is 16.7 Å². The largest absolute Gasteiger partial charge is 0.0839 e. The van der Waals surface area contributed by atoms with E-state index in [0.717, 1.165) is 11.8 Å². The first-order chi connectivity index (χ1) is 12.9. The lowest BCUT2D eigenvalue weighted by Crippen LogP contribution is -2.30. The van der Waals surface area contributed by atoms with E-state index in [1.807, 2.05) is 0 Å². The fourth-order valence-corrected chi connectivity index (χ4v) is 5.55. The van der Waals surface area contributed by atoms with E-state index in [1.165, 1.54) is 54.1 Å². The second-order valence-corrected chi connectivity index (χ2v) is 10.3. The highest BCUT2D eigenvalue weighted by Crippen LogP contribution is 2.41. The van der Waals surface area contributed by atoms with Gasteiger partial charge >= 0.3 is 0 Å². The lowest BCUT2D eigenvalue weighted by molar-refractivity contribution is 0.261.